The lowest BCUT2D eigenvalue weighted by Gasteiger charge is -2.30. The molecule has 10 heteroatoms. The fourth-order valence-electron chi connectivity index (χ4n) is 4.13. The van der Waals surface area contributed by atoms with Gasteiger partial charge in [0.05, 0.1) is 16.8 Å². The molecule has 1 aromatic heterocycles. The Kier molecular flexibility index (Phi) is 5.91. The van der Waals surface area contributed by atoms with E-state index in [1.807, 2.05) is 0 Å². The summed E-state index contributed by atoms with van der Waals surface area (Å²) in [6.07, 6.45) is 0.767. The highest BCUT2D eigenvalue weighted by atomic mass is 32.2. The highest BCUT2D eigenvalue weighted by Gasteiger charge is 2.31. The number of halogens is 1. The smallest absolute Gasteiger partial charge is 0.326 e. The Hall–Kier alpha value is -2.98. The van der Waals surface area contributed by atoms with Crippen molar-refractivity contribution in [3.8, 4) is 0 Å². The molecule has 0 atom stereocenters. The molecule has 0 saturated carbocycles. The molecule has 0 bridgehead atoms. The molecule has 1 fully saturated rings. The van der Waals surface area contributed by atoms with Crippen LogP contribution in [-0.4, -0.2) is 40.9 Å². The van der Waals surface area contributed by atoms with Crippen LogP contribution in [0, 0.1) is 11.7 Å². The lowest BCUT2D eigenvalue weighted by Crippen LogP contribution is -2.42. The zero-order valence-electron chi connectivity index (χ0n) is 17.9. The first-order chi connectivity index (χ1) is 15.2. The van der Waals surface area contributed by atoms with E-state index < -0.39 is 21.6 Å². The van der Waals surface area contributed by atoms with Gasteiger partial charge in [-0.2, -0.15) is 0 Å². The van der Waals surface area contributed by atoms with Gasteiger partial charge in [-0.25, -0.2) is 21.9 Å². The molecule has 32 heavy (non-hydrogen) atoms. The predicted octanol–water partition coefficient (Wildman–Crippen LogP) is 2.20. The summed E-state index contributed by atoms with van der Waals surface area (Å²) in [6, 6.07) is 11.1. The molecule has 0 unspecified atom stereocenters. The Morgan fingerprint density at radius 1 is 1.06 bits per heavy atom. The van der Waals surface area contributed by atoms with E-state index in [0.29, 0.717) is 24.0 Å². The van der Waals surface area contributed by atoms with E-state index in [1.165, 1.54) is 27.1 Å². The molecule has 0 radical (unpaired) electrons. The second-order valence-electron chi connectivity index (χ2n) is 8.11. The molecule has 3 aromatic rings. The van der Waals surface area contributed by atoms with E-state index in [4.69, 9.17) is 0 Å². The maximum atomic E-state index is 13.9. The van der Waals surface area contributed by atoms with Crippen molar-refractivity contribution in [1.29, 1.82) is 0 Å². The van der Waals surface area contributed by atoms with Gasteiger partial charge in [-0.05, 0) is 37.1 Å². The van der Waals surface area contributed by atoms with E-state index in [1.54, 1.807) is 42.9 Å². The van der Waals surface area contributed by atoms with E-state index in [2.05, 4.69) is 5.32 Å². The molecule has 0 aliphatic carbocycles. The molecular weight excluding hydrogens is 435 g/mol. The van der Waals surface area contributed by atoms with E-state index in [-0.39, 0.29) is 36.2 Å². The summed E-state index contributed by atoms with van der Waals surface area (Å²) in [7, 11) is -0.305. The van der Waals surface area contributed by atoms with Crippen LogP contribution in [0.5, 0.6) is 0 Å². The van der Waals surface area contributed by atoms with Crippen LogP contribution in [0.4, 0.5) is 10.1 Å². The molecule has 1 amide bonds. The van der Waals surface area contributed by atoms with Gasteiger partial charge in [0, 0.05) is 44.4 Å². The molecule has 0 spiro atoms. The molecule has 4 rings (SSSR count). The number of hydrogen-bond acceptors (Lipinski definition) is 4. The van der Waals surface area contributed by atoms with Crippen LogP contribution in [-0.2, 0) is 34.7 Å². The molecule has 1 saturated heterocycles. The van der Waals surface area contributed by atoms with Crippen LogP contribution < -0.4 is 11.0 Å². The SMILES string of the molecule is Cn1c(=O)n(C)c2cc(NC(=O)C3CCN(S(=O)(=O)Cc4ccccc4F)CC3)ccc21. The predicted molar refractivity (Wildman–Crippen MR) is 120 cm³/mol. The first-order valence-electron chi connectivity index (χ1n) is 10.3. The number of rotatable bonds is 5. The van der Waals surface area contributed by atoms with Crippen molar-refractivity contribution in [2.75, 3.05) is 18.4 Å². The number of piperidine rings is 1. The number of fused-ring (bicyclic) bond motifs is 1. The highest BCUT2D eigenvalue weighted by molar-refractivity contribution is 7.88. The number of carbonyl (C=O) groups is 1. The van der Waals surface area contributed by atoms with Crippen molar-refractivity contribution in [3.63, 3.8) is 0 Å². The van der Waals surface area contributed by atoms with Gasteiger partial charge in [0.2, 0.25) is 15.9 Å². The summed E-state index contributed by atoms with van der Waals surface area (Å²) in [5.74, 6) is -1.45. The number of amides is 1. The van der Waals surface area contributed by atoms with Crippen LogP contribution in [0.25, 0.3) is 11.0 Å². The molecule has 2 heterocycles. The molecular formula is C22H25FN4O4S. The molecule has 1 aliphatic heterocycles. The summed E-state index contributed by atoms with van der Waals surface area (Å²) in [5, 5.41) is 2.88. The number of nitrogens with zero attached hydrogens (tertiary/aromatic N) is 3. The summed E-state index contributed by atoms with van der Waals surface area (Å²) in [4.78, 5) is 24.8. The summed E-state index contributed by atoms with van der Waals surface area (Å²) in [6.45, 7) is 0.419. The van der Waals surface area contributed by atoms with Gasteiger partial charge in [0.1, 0.15) is 5.82 Å². The van der Waals surface area contributed by atoms with Crippen molar-refractivity contribution in [2.24, 2.45) is 20.0 Å². The quantitative estimate of drug-likeness (QED) is 0.632. The normalized spacial score (nSPS) is 15.8. The lowest BCUT2D eigenvalue weighted by atomic mass is 9.97. The average Bonchev–Trinajstić information content (AvgIpc) is 2.99. The van der Waals surface area contributed by atoms with Crippen LogP contribution in [0.1, 0.15) is 18.4 Å². The molecule has 1 aliphatic rings. The van der Waals surface area contributed by atoms with Crippen molar-refractivity contribution >= 4 is 32.7 Å². The minimum absolute atomic E-state index is 0.137. The first-order valence-corrected chi connectivity index (χ1v) is 12.0. The Bertz CT molecular complexity index is 1340. The number of nitrogens with one attached hydrogen (secondary N) is 1. The monoisotopic (exact) mass is 460 g/mol. The molecule has 170 valence electrons. The fraction of sp³-hybridized carbons (Fsp3) is 0.364. The Morgan fingerprint density at radius 3 is 2.41 bits per heavy atom. The number of hydrogen-bond donors (Lipinski definition) is 1. The maximum Gasteiger partial charge on any atom is 0.328 e. The van der Waals surface area contributed by atoms with Crippen molar-refractivity contribution in [2.45, 2.75) is 18.6 Å². The minimum Gasteiger partial charge on any atom is -0.326 e. The Morgan fingerprint density at radius 2 is 1.72 bits per heavy atom. The number of sulfonamides is 1. The molecule has 2 aromatic carbocycles. The van der Waals surface area contributed by atoms with Crippen LogP contribution >= 0.6 is 0 Å². The van der Waals surface area contributed by atoms with Gasteiger partial charge in [0.25, 0.3) is 0 Å². The second-order valence-corrected chi connectivity index (χ2v) is 10.1. The van der Waals surface area contributed by atoms with Crippen LogP contribution in [0.15, 0.2) is 47.3 Å². The molecule has 8 nitrogen and oxygen atoms in total. The van der Waals surface area contributed by atoms with Crippen molar-refractivity contribution in [1.82, 2.24) is 13.4 Å². The number of anilines is 1. The van der Waals surface area contributed by atoms with E-state index in [9.17, 15) is 22.4 Å². The Labute approximate surface area is 185 Å². The fourth-order valence-corrected chi connectivity index (χ4v) is 5.71. The number of carbonyl (C=O) groups excluding carboxylic acids is 1. The van der Waals surface area contributed by atoms with Crippen LogP contribution in [0.2, 0.25) is 0 Å². The van der Waals surface area contributed by atoms with Gasteiger partial charge in [-0.1, -0.05) is 18.2 Å². The van der Waals surface area contributed by atoms with E-state index in [0.717, 1.165) is 5.52 Å². The van der Waals surface area contributed by atoms with Crippen molar-refractivity contribution in [3.05, 3.63) is 64.3 Å². The largest absolute Gasteiger partial charge is 0.328 e. The van der Waals surface area contributed by atoms with Gasteiger partial charge in [-0.3, -0.25) is 13.9 Å². The third-order valence-corrected chi connectivity index (χ3v) is 7.88. The third kappa shape index (κ3) is 4.20. The summed E-state index contributed by atoms with van der Waals surface area (Å²) < 4.78 is 43.6. The zero-order chi connectivity index (χ0) is 23.0. The molecule has 1 N–H and O–H groups in total. The van der Waals surface area contributed by atoms with Crippen LogP contribution in [0.3, 0.4) is 0 Å². The standard InChI is InChI=1S/C22H25FN4O4S/c1-25-19-8-7-17(13-20(19)26(2)22(25)29)24-21(28)15-9-11-27(12-10-15)32(30,31)14-16-5-3-4-6-18(16)23/h3-8,13,15H,9-12,14H2,1-2H3,(H,24,28). The number of imidazole rings is 1. The summed E-state index contributed by atoms with van der Waals surface area (Å²) >= 11 is 0. The third-order valence-electron chi connectivity index (χ3n) is 6.05. The highest BCUT2D eigenvalue weighted by Crippen LogP contribution is 2.24. The number of benzene rings is 2. The topological polar surface area (TPSA) is 93.4 Å². The van der Waals surface area contributed by atoms with Gasteiger partial charge >= 0.3 is 5.69 Å². The summed E-state index contributed by atoms with van der Waals surface area (Å²) in [5.41, 5.74) is 2.05. The number of aryl methyl sites for hydroxylation is 2. The first kappa shape index (κ1) is 22.2. The lowest BCUT2D eigenvalue weighted by molar-refractivity contribution is -0.120. The van der Waals surface area contributed by atoms with E-state index >= 15 is 0 Å². The minimum atomic E-state index is -3.67. The van der Waals surface area contributed by atoms with Crippen molar-refractivity contribution < 1.29 is 17.6 Å². The van der Waals surface area contributed by atoms with Gasteiger partial charge < -0.3 is 5.32 Å². The Balaban J connectivity index is 1.39. The zero-order valence-corrected chi connectivity index (χ0v) is 18.7. The number of aromatic nitrogens is 2. The maximum absolute atomic E-state index is 13.9. The second kappa shape index (κ2) is 8.51. The van der Waals surface area contributed by atoms with Gasteiger partial charge in [0.15, 0.2) is 0 Å². The average molecular weight is 461 g/mol. The van der Waals surface area contributed by atoms with Gasteiger partial charge in [-0.15, -0.1) is 0 Å².